The number of aryl methyl sites for hydroxylation is 1. The summed E-state index contributed by atoms with van der Waals surface area (Å²) in [7, 11) is 1.55. The lowest BCUT2D eigenvalue weighted by molar-refractivity contribution is 0.316. The molecule has 1 rings (SSSR count). The van der Waals surface area contributed by atoms with Crippen molar-refractivity contribution >= 4 is 0 Å². The van der Waals surface area contributed by atoms with Crippen LogP contribution in [0.2, 0.25) is 0 Å². The molecule has 18 heavy (non-hydrogen) atoms. The van der Waals surface area contributed by atoms with Crippen molar-refractivity contribution in [3.8, 4) is 5.75 Å². The number of rotatable bonds is 7. The maximum Gasteiger partial charge on any atom is 0.130 e. The first-order valence-electron chi connectivity index (χ1n) is 6.51. The van der Waals surface area contributed by atoms with Crippen molar-refractivity contribution in [2.24, 2.45) is 5.41 Å². The quantitative estimate of drug-likeness (QED) is 0.804. The summed E-state index contributed by atoms with van der Waals surface area (Å²) in [5.74, 6) is 0.400. The van der Waals surface area contributed by atoms with E-state index in [0.29, 0.717) is 5.75 Å². The van der Waals surface area contributed by atoms with Crippen LogP contribution in [0, 0.1) is 11.2 Å². The number of hydrogen-bond acceptors (Lipinski definition) is 2. The number of hydrogen-bond donors (Lipinski definition) is 1. The highest BCUT2D eigenvalue weighted by Gasteiger charge is 2.17. The molecule has 2 nitrogen and oxygen atoms in total. The van der Waals surface area contributed by atoms with Gasteiger partial charge in [-0.25, -0.2) is 4.39 Å². The third-order valence-electron chi connectivity index (χ3n) is 3.18. The summed E-state index contributed by atoms with van der Waals surface area (Å²) in [6.45, 7) is 8.44. The van der Waals surface area contributed by atoms with E-state index in [4.69, 9.17) is 4.74 Å². The molecule has 1 aromatic carbocycles. The maximum atomic E-state index is 13.8. The highest BCUT2D eigenvalue weighted by atomic mass is 19.1. The van der Waals surface area contributed by atoms with Crippen LogP contribution in [-0.2, 0) is 6.42 Å². The van der Waals surface area contributed by atoms with Gasteiger partial charge < -0.3 is 10.1 Å². The number of ether oxygens (including phenoxy) is 1. The normalized spacial score (nSPS) is 11.6. The molecule has 102 valence electrons. The summed E-state index contributed by atoms with van der Waals surface area (Å²) >= 11 is 0. The average Bonchev–Trinajstić information content (AvgIpc) is 2.35. The van der Waals surface area contributed by atoms with Crippen LogP contribution in [0.15, 0.2) is 18.2 Å². The molecule has 0 saturated heterocycles. The molecule has 0 heterocycles. The van der Waals surface area contributed by atoms with Crippen molar-refractivity contribution in [2.75, 3.05) is 20.2 Å². The van der Waals surface area contributed by atoms with Crippen LogP contribution in [0.3, 0.4) is 0 Å². The molecular weight excluding hydrogens is 229 g/mol. The molecule has 1 aromatic rings. The van der Waals surface area contributed by atoms with Crippen LogP contribution < -0.4 is 10.1 Å². The Morgan fingerprint density at radius 1 is 1.33 bits per heavy atom. The maximum absolute atomic E-state index is 13.8. The molecule has 0 radical (unpaired) electrons. The fourth-order valence-electron chi connectivity index (χ4n) is 1.88. The minimum Gasteiger partial charge on any atom is -0.497 e. The topological polar surface area (TPSA) is 21.3 Å². The first-order chi connectivity index (χ1) is 8.48. The van der Waals surface area contributed by atoms with Gasteiger partial charge in [-0.15, -0.1) is 0 Å². The number of nitrogens with one attached hydrogen (secondary N) is 1. The third-order valence-corrected chi connectivity index (χ3v) is 3.18. The van der Waals surface area contributed by atoms with E-state index in [1.54, 1.807) is 7.11 Å². The highest BCUT2D eigenvalue weighted by molar-refractivity contribution is 5.29. The Morgan fingerprint density at radius 2 is 2.06 bits per heavy atom. The van der Waals surface area contributed by atoms with E-state index in [2.05, 4.69) is 26.1 Å². The zero-order chi connectivity index (χ0) is 13.6. The van der Waals surface area contributed by atoms with Gasteiger partial charge in [0.1, 0.15) is 11.6 Å². The van der Waals surface area contributed by atoms with Gasteiger partial charge in [0.2, 0.25) is 0 Å². The molecular formula is C15H24FNO. The molecule has 0 amide bonds. The third kappa shape index (κ3) is 4.65. The zero-order valence-electron chi connectivity index (χ0n) is 11.8. The zero-order valence-corrected chi connectivity index (χ0v) is 11.8. The van der Waals surface area contributed by atoms with Crippen molar-refractivity contribution in [1.29, 1.82) is 0 Å². The summed E-state index contributed by atoms with van der Waals surface area (Å²) in [6, 6.07) is 5.08. The molecule has 1 N–H and O–H groups in total. The van der Waals surface area contributed by atoms with Gasteiger partial charge in [-0.3, -0.25) is 0 Å². The van der Waals surface area contributed by atoms with Crippen LogP contribution in [0.4, 0.5) is 4.39 Å². The van der Waals surface area contributed by atoms with Crippen molar-refractivity contribution in [3.63, 3.8) is 0 Å². The van der Waals surface area contributed by atoms with Gasteiger partial charge in [-0.1, -0.05) is 26.8 Å². The van der Waals surface area contributed by atoms with Gasteiger partial charge in [0.05, 0.1) is 7.11 Å². The Kier molecular flexibility index (Phi) is 5.60. The van der Waals surface area contributed by atoms with Crippen LogP contribution in [-0.4, -0.2) is 20.2 Å². The van der Waals surface area contributed by atoms with Crippen LogP contribution >= 0.6 is 0 Å². The summed E-state index contributed by atoms with van der Waals surface area (Å²) in [5, 5.41) is 3.34. The lowest BCUT2D eigenvalue weighted by Crippen LogP contribution is -2.29. The second kappa shape index (κ2) is 6.74. The first-order valence-corrected chi connectivity index (χ1v) is 6.51. The molecule has 0 saturated carbocycles. The van der Waals surface area contributed by atoms with Crippen molar-refractivity contribution in [3.05, 3.63) is 29.6 Å². The molecule has 0 bridgehead atoms. The van der Waals surface area contributed by atoms with Crippen LogP contribution in [0.5, 0.6) is 5.75 Å². The lowest BCUT2D eigenvalue weighted by atomic mass is 9.86. The second-order valence-corrected chi connectivity index (χ2v) is 5.40. The first kappa shape index (κ1) is 15.0. The second-order valence-electron chi connectivity index (χ2n) is 5.40. The molecule has 3 heteroatoms. The Balaban J connectivity index is 2.57. The predicted molar refractivity (Wildman–Crippen MR) is 73.6 cm³/mol. The van der Waals surface area contributed by atoms with E-state index in [1.165, 1.54) is 6.07 Å². The largest absolute Gasteiger partial charge is 0.497 e. The van der Waals surface area contributed by atoms with Crippen LogP contribution in [0.25, 0.3) is 0 Å². The van der Waals surface area contributed by atoms with Gasteiger partial charge >= 0.3 is 0 Å². The van der Waals surface area contributed by atoms with E-state index in [9.17, 15) is 4.39 Å². The van der Waals surface area contributed by atoms with E-state index in [0.717, 1.165) is 31.5 Å². The SMILES string of the molecule is CCNCC(C)(C)CCc1ccc(OC)cc1F. The summed E-state index contributed by atoms with van der Waals surface area (Å²) in [4.78, 5) is 0. The van der Waals surface area contributed by atoms with E-state index in [1.807, 2.05) is 12.1 Å². The van der Waals surface area contributed by atoms with Crippen LogP contribution in [0.1, 0.15) is 32.8 Å². The summed E-state index contributed by atoms with van der Waals surface area (Å²) in [5.41, 5.74) is 0.947. The molecule has 0 aliphatic carbocycles. The molecule has 0 unspecified atom stereocenters. The van der Waals surface area contributed by atoms with E-state index in [-0.39, 0.29) is 11.2 Å². The molecule has 0 aliphatic heterocycles. The summed E-state index contributed by atoms with van der Waals surface area (Å²) < 4.78 is 18.8. The minimum absolute atomic E-state index is 0.173. The highest BCUT2D eigenvalue weighted by Crippen LogP contribution is 2.24. The Bertz CT molecular complexity index is 377. The molecule has 0 aromatic heterocycles. The van der Waals surface area contributed by atoms with Gasteiger partial charge in [0, 0.05) is 12.6 Å². The van der Waals surface area contributed by atoms with Crippen molar-refractivity contribution in [1.82, 2.24) is 5.32 Å². The van der Waals surface area contributed by atoms with Crippen molar-refractivity contribution in [2.45, 2.75) is 33.6 Å². The smallest absolute Gasteiger partial charge is 0.130 e. The number of halogens is 1. The van der Waals surface area contributed by atoms with Crippen molar-refractivity contribution < 1.29 is 9.13 Å². The number of benzene rings is 1. The predicted octanol–water partition coefficient (Wildman–Crippen LogP) is 3.40. The molecule has 0 fully saturated rings. The van der Waals surface area contributed by atoms with E-state index >= 15 is 0 Å². The fraction of sp³-hybridized carbons (Fsp3) is 0.600. The molecule has 0 spiro atoms. The minimum atomic E-state index is -0.173. The summed E-state index contributed by atoms with van der Waals surface area (Å²) in [6.07, 6.45) is 1.72. The van der Waals surface area contributed by atoms with Gasteiger partial charge in [0.25, 0.3) is 0 Å². The standard InChI is InChI=1S/C15H24FNO/c1-5-17-11-15(2,3)9-8-12-6-7-13(18-4)10-14(12)16/h6-7,10,17H,5,8-9,11H2,1-4H3. The van der Waals surface area contributed by atoms with Gasteiger partial charge in [-0.2, -0.15) is 0 Å². The Hall–Kier alpha value is -1.09. The fourth-order valence-corrected chi connectivity index (χ4v) is 1.88. The molecule has 0 atom stereocenters. The number of methoxy groups -OCH3 is 1. The lowest BCUT2D eigenvalue weighted by Gasteiger charge is -2.25. The van der Waals surface area contributed by atoms with Gasteiger partial charge in [-0.05, 0) is 36.4 Å². The average molecular weight is 253 g/mol. The van der Waals surface area contributed by atoms with E-state index < -0.39 is 0 Å². The van der Waals surface area contributed by atoms with Gasteiger partial charge in [0.15, 0.2) is 0 Å². The monoisotopic (exact) mass is 253 g/mol. The molecule has 0 aliphatic rings. The Morgan fingerprint density at radius 3 is 2.61 bits per heavy atom. The Labute approximate surface area is 110 Å².